The number of fused-ring (bicyclic) bond motifs is 5. The minimum Gasteiger partial charge on any atom is -0.296 e. The fourth-order valence-corrected chi connectivity index (χ4v) is 8.52. The molecule has 0 saturated heterocycles. The number of hydrogen-bond donors (Lipinski definition) is 0. The Morgan fingerprint density at radius 3 is 1.48 bits per heavy atom. The Bertz CT molecular complexity index is 3240. The minimum absolute atomic E-state index is 0.675. The maximum Gasteiger partial charge on any atom is 0.160 e. The molecule has 11 rings (SSSR count). The first-order valence-corrected chi connectivity index (χ1v) is 20.8. The van der Waals surface area contributed by atoms with Gasteiger partial charge in [-0.3, -0.25) is 4.57 Å². The van der Waals surface area contributed by atoms with Crippen LogP contribution >= 0.6 is 0 Å². The van der Waals surface area contributed by atoms with Gasteiger partial charge in [0.2, 0.25) is 0 Å². The van der Waals surface area contributed by atoms with E-state index in [1.165, 1.54) is 11.1 Å². The summed E-state index contributed by atoms with van der Waals surface area (Å²) in [6.07, 6.45) is 0.799. The molecule has 0 unspecified atom stereocenters. The Labute approximate surface area is 354 Å². The highest BCUT2D eigenvalue weighted by Crippen LogP contribution is 2.39. The van der Waals surface area contributed by atoms with Gasteiger partial charge >= 0.3 is 0 Å². The minimum atomic E-state index is 0.675. The van der Waals surface area contributed by atoms with Gasteiger partial charge in [-0.05, 0) is 58.0 Å². The molecule has 0 atom stereocenters. The van der Waals surface area contributed by atoms with Crippen LogP contribution in [0.15, 0.2) is 206 Å². The number of aryl methyl sites for hydroxylation is 1. The number of pyridine rings is 1. The molecule has 61 heavy (non-hydrogen) atoms. The lowest BCUT2D eigenvalue weighted by Gasteiger charge is -2.13. The van der Waals surface area contributed by atoms with Crippen molar-refractivity contribution in [3.63, 3.8) is 0 Å². The van der Waals surface area contributed by atoms with E-state index >= 15 is 0 Å². The summed E-state index contributed by atoms with van der Waals surface area (Å²) in [5.41, 5.74) is 15.4. The van der Waals surface area contributed by atoms with Crippen molar-refractivity contribution in [1.29, 1.82) is 0 Å². The largest absolute Gasteiger partial charge is 0.296 e. The summed E-state index contributed by atoms with van der Waals surface area (Å²) < 4.78 is 2.28. The van der Waals surface area contributed by atoms with Gasteiger partial charge in [0.05, 0.1) is 33.6 Å². The maximum absolute atomic E-state index is 5.35. The van der Waals surface area contributed by atoms with Gasteiger partial charge in [-0.25, -0.2) is 19.9 Å². The molecule has 0 spiro atoms. The van der Waals surface area contributed by atoms with Crippen LogP contribution in [-0.2, 0) is 6.42 Å². The molecular weight excluding hydrogens is 743 g/mol. The summed E-state index contributed by atoms with van der Waals surface area (Å²) in [5.74, 6) is 1.69. The van der Waals surface area contributed by atoms with Crippen LogP contribution in [0.2, 0.25) is 0 Å². The average molecular weight is 782 g/mol. The molecule has 288 valence electrons. The third-order valence-electron chi connectivity index (χ3n) is 11.6. The SMILES string of the molecule is CCc1nc2c3c(-c4ccc(-c5cc(-c6ccc(-c7ccccc7)cc6)nc(-c6ccc(-c7ccccc7)cc6)n5)cc4)nc4ccccc4c3ccc2n1-c1ccccc1. The van der Waals surface area contributed by atoms with Crippen LogP contribution in [0, 0.1) is 0 Å². The summed E-state index contributed by atoms with van der Waals surface area (Å²) in [5, 5.41) is 3.30. The zero-order chi connectivity index (χ0) is 40.7. The summed E-state index contributed by atoms with van der Waals surface area (Å²) in [6.45, 7) is 2.17. The predicted molar refractivity (Wildman–Crippen MR) is 251 cm³/mol. The highest BCUT2D eigenvalue weighted by atomic mass is 15.1. The zero-order valence-corrected chi connectivity index (χ0v) is 33.6. The van der Waals surface area contributed by atoms with Crippen molar-refractivity contribution in [2.45, 2.75) is 13.3 Å². The van der Waals surface area contributed by atoms with Crippen molar-refractivity contribution in [1.82, 2.24) is 24.5 Å². The predicted octanol–water partition coefficient (Wildman–Crippen LogP) is 14.1. The summed E-state index contributed by atoms with van der Waals surface area (Å²) >= 11 is 0. The lowest BCUT2D eigenvalue weighted by atomic mass is 9.97. The molecule has 11 aromatic rings. The van der Waals surface area contributed by atoms with Gasteiger partial charge in [-0.2, -0.15) is 0 Å². The molecule has 3 heterocycles. The molecule has 5 nitrogen and oxygen atoms in total. The average Bonchev–Trinajstić information content (AvgIpc) is 3.74. The Balaban J connectivity index is 1.04. The van der Waals surface area contributed by atoms with Crippen molar-refractivity contribution in [2.75, 3.05) is 0 Å². The van der Waals surface area contributed by atoms with Crippen LogP contribution in [0.1, 0.15) is 12.7 Å². The summed E-state index contributed by atoms with van der Waals surface area (Å²) in [6, 6.07) is 72.2. The molecule has 0 amide bonds. The molecule has 3 aromatic heterocycles. The van der Waals surface area contributed by atoms with Crippen molar-refractivity contribution in [2.24, 2.45) is 0 Å². The summed E-state index contributed by atoms with van der Waals surface area (Å²) in [4.78, 5) is 21.1. The van der Waals surface area contributed by atoms with Crippen molar-refractivity contribution in [3.05, 3.63) is 212 Å². The van der Waals surface area contributed by atoms with E-state index in [4.69, 9.17) is 19.9 Å². The number of benzene rings is 8. The standard InChI is InChI=1S/C56H39N5/c1-2-52-60-55-51(61(52)45-18-10-5-11-19-45)35-34-47-46-20-12-13-21-48(46)57-54(53(47)55)43-30-28-42(29-31-43)50-36-49(41-26-22-39(23-27-41)37-14-6-3-7-15-37)58-56(59-50)44-32-24-40(25-33-44)38-16-8-4-9-17-38/h3-36H,2H2,1H3. The lowest BCUT2D eigenvalue weighted by Crippen LogP contribution is -1.99. The van der Waals surface area contributed by atoms with Gasteiger partial charge in [0, 0.05) is 45.1 Å². The highest BCUT2D eigenvalue weighted by Gasteiger charge is 2.20. The van der Waals surface area contributed by atoms with E-state index in [1.54, 1.807) is 0 Å². The quantitative estimate of drug-likeness (QED) is 0.144. The van der Waals surface area contributed by atoms with Crippen LogP contribution in [0.4, 0.5) is 0 Å². The fraction of sp³-hybridized carbons (Fsp3) is 0.0357. The molecule has 0 N–H and O–H groups in total. The molecule has 0 aliphatic rings. The third-order valence-corrected chi connectivity index (χ3v) is 11.6. The van der Waals surface area contributed by atoms with Crippen LogP contribution < -0.4 is 0 Å². The van der Waals surface area contributed by atoms with E-state index in [0.717, 1.165) is 101 Å². The molecule has 0 bridgehead atoms. The second-order valence-corrected chi connectivity index (χ2v) is 15.3. The smallest absolute Gasteiger partial charge is 0.160 e. The van der Waals surface area contributed by atoms with Gasteiger partial charge in [0.25, 0.3) is 0 Å². The normalized spacial score (nSPS) is 11.4. The van der Waals surface area contributed by atoms with E-state index in [-0.39, 0.29) is 0 Å². The second-order valence-electron chi connectivity index (χ2n) is 15.3. The van der Waals surface area contributed by atoms with Gasteiger partial charge in [0.15, 0.2) is 5.82 Å². The lowest BCUT2D eigenvalue weighted by molar-refractivity contribution is 0.908. The second kappa shape index (κ2) is 15.3. The van der Waals surface area contributed by atoms with Crippen LogP contribution in [0.25, 0.3) is 106 Å². The van der Waals surface area contributed by atoms with E-state index in [1.807, 2.05) is 12.1 Å². The first-order valence-electron chi connectivity index (χ1n) is 20.8. The first-order chi connectivity index (χ1) is 30.2. The molecule has 0 aliphatic heterocycles. The highest BCUT2D eigenvalue weighted by molar-refractivity contribution is 6.20. The first kappa shape index (κ1) is 36.1. The number of imidazole rings is 1. The van der Waals surface area contributed by atoms with Crippen LogP contribution in [0.5, 0.6) is 0 Å². The molecule has 8 aromatic carbocycles. The summed E-state index contributed by atoms with van der Waals surface area (Å²) in [7, 11) is 0. The Morgan fingerprint density at radius 2 is 0.885 bits per heavy atom. The Kier molecular flexibility index (Phi) is 9.05. The topological polar surface area (TPSA) is 56.5 Å². The fourth-order valence-electron chi connectivity index (χ4n) is 8.52. The number of para-hydroxylation sites is 2. The van der Waals surface area contributed by atoms with Gasteiger partial charge < -0.3 is 0 Å². The van der Waals surface area contributed by atoms with Crippen molar-refractivity contribution in [3.8, 4) is 73.1 Å². The van der Waals surface area contributed by atoms with Crippen molar-refractivity contribution < 1.29 is 0 Å². The number of hydrogen-bond acceptors (Lipinski definition) is 4. The van der Waals surface area contributed by atoms with Gasteiger partial charge in [-0.1, -0.05) is 183 Å². The Morgan fingerprint density at radius 1 is 0.393 bits per heavy atom. The third kappa shape index (κ3) is 6.63. The Hall–Kier alpha value is -8.02. The molecule has 0 saturated carbocycles. The van der Waals surface area contributed by atoms with Crippen molar-refractivity contribution >= 4 is 32.7 Å². The van der Waals surface area contributed by atoms with E-state index in [0.29, 0.717) is 5.82 Å². The van der Waals surface area contributed by atoms with Crippen LogP contribution in [0.3, 0.4) is 0 Å². The van der Waals surface area contributed by atoms with E-state index in [9.17, 15) is 0 Å². The van der Waals surface area contributed by atoms with Gasteiger partial charge in [0.1, 0.15) is 5.82 Å². The van der Waals surface area contributed by atoms with Gasteiger partial charge in [-0.15, -0.1) is 0 Å². The zero-order valence-electron chi connectivity index (χ0n) is 33.6. The molecule has 0 radical (unpaired) electrons. The number of nitrogens with zero attached hydrogens (tertiary/aromatic N) is 5. The van der Waals surface area contributed by atoms with E-state index in [2.05, 4.69) is 206 Å². The van der Waals surface area contributed by atoms with Crippen LogP contribution in [-0.4, -0.2) is 24.5 Å². The van der Waals surface area contributed by atoms with E-state index < -0.39 is 0 Å². The number of aromatic nitrogens is 5. The maximum atomic E-state index is 5.35. The molecule has 0 fully saturated rings. The monoisotopic (exact) mass is 781 g/mol. The molecular formula is C56H39N5. The number of rotatable bonds is 8. The molecule has 5 heteroatoms. The molecule has 0 aliphatic carbocycles.